The number of methoxy groups -OCH3 is 1. The van der Waals surface area contributed by atoms with E-state index in [2.05, 4.69) is 17.0 Å². The summed E-state index contributed by atoms with van der Waals surface area (Å²) in [6.07, 6.45) is 0.705. The Morgan fingerprint density at radius 2 is 2.32 bits per heavy atom. The predicted molar refractivity (Wildman–Crippen MR) is 65.9 cm³/mol. The zero-order valence-electron chi connectivity index (χ0n) is 10.2. The van der Waals surface area contributed by atoms with Gasteiger partial charge in [0.1, 0.15) is 12.0 Å². The van der Waals surface area contributed by atoms with Gasteiger partial charge in [-0.3, -0.25) is 20.4 Å². The summed E-state index contributed by atoms with van der Waals surface area (Å²) in [5, 5.41) is 11.2. The lowest BCUT2D eigenvalue weighted by atomic mass is 10.2. The maximum Gasteiger partial charge on any atom is 0.307 e. The van der Waals surface area contributed by atoms with Gasteiger partial charge in [-0.15, -0.1) is 0 Å². The summed E-state index contributed by atoms with van der Waals surface area (Å²) in [6.45, 7) is 3.56. The number of hydrogen-bond donors (Lipinski definition) is 1. The minimum atomic E-state index is -0.0356. The second-order valence-corrected chi connectivity index (χ2v) is 3.69. The minimum Gasteiger partial charge on any atom is -0.493 e. The minimum absolute atomic E-state index is 0.0356. The number of nitrogens with one attached hydrogen (secondary N) is 1. The van der Waals surface area contributed by atoms with Gasteiger partial charge in [0.2, 0.25) is 0 Å². The van der Waals surface area contributed by atoms with Crippen LogP contribution in [0.25, 0.3) is 0 Å². The lowest BCUT2D eigenvalue weighted by Crippen LogP contribution is -2.18. The molecule has 1 aromatic carbocycles. The highest BCUT2D eigenvalue weighted by Gasteiger charge is 2.24. The molecule has 0 aliphatic carbocycles. The van der Waals surface area contributed by atoms with E-state index in [1.165, 1.54) is 7.11 Å². The largest absolute Gasteiger partial charge is 0.493 e. The number of hydroxylamine groups is 1. The van der Waals surface area contributed by atoms with Gasteiger partial charge < -0.3 is 9.47 Å². The third-order valence-electron chi connectivity index (χ3n) is 2.51. The molecule has 1 aromatic rings. The average Bonchev–Trinajstić information content (AvgIpc) is 2.75. The van der Waals surface area contributed by atoms with Crippen molar-refractivity contribution in [1.29, 1.82) is 0 Å². The molecular formula is C12H12N2O5. The quantitative estimate of drug-likeness (QED) is 0.625. The summed E-state index contributed by atoms with van der Waals surface area (Å²) < 4.78 is 10.6. The van der Waals surface area contributed by atoms with E-state index in [-0.39, 0.29) is 17.2 Å². The van der Waals surface area contributed by atoms with Crippen molar-refractivity contribution in [1.82, 2.24) is 5.48 Å². The summed E-state index contributed by atoms with van der Waals surface area (Å²) in [4.78, 5) is 15.4. The van der Waals surface area contributed by atoms with E-state index in [1.54, 1.807) is 18.2 Å². The topological polar surface area (TPSA) is 82.9 Å². The number of carbonyl (C=O) groups is 1. The molecule has 2 rings (SSSR count). The number of rotatable bonds is 5. The van der Waals surface area contributed by atoms with Crippen LogP contribution in [0.3, 0.4) is 0 Å². The van der Waals surface area contributed by atoms with Crippen molar-refractivity contribution in [2.24, 2.45) is 0 Å². The average molecular weight is 264 g/mol. The molecule has 0 fully saturated rings. The van der Waals surface area contributed by atoms with E-state index >= 15 is 0 Å². The van der Waals surface area contributed by atoms with Gasteiger partial charge >= 0.3 is 5.71 Å². The Hall–Kier alpha value is -2.70. The number of hydrogen-bond acceptors (Lipinski definition) is 6. The molecule has 0 saturated carbocycles. The van der Waals surface area contributed by atoms with Crippen LogP contribution in [0.15, 0.2) is 30.5 Å². The summed E-state index contributed by atoms with van der Waals surface area (Å²) in [7, 11) is 1.46. The first kappa shape index (κ1) is 12.7. The Kier molecular flexibility index (Phi) is 3.56. The summed E-state index contributed by atoms with van der Waals surface area (Å²) >= 11 is 0. The Bertz CT molecular complexity index is 553. The van der Waals surface area contributed by atoms with Crippen molar-refractivity contribution in [2.75, 3.05) is 13.7 Å². The maximum absolute atomic E-state index is 11.2. The van der Waals surface area contributed by atoms with E-state index in [0.29, 0.717) is 29.0 Å². The Balaban J connectivity index is 2.13. The first-order valence-electron chi connectivity index (χ1n) is 5.37. The normalized spacial score (nSPS) is 13.8. The fourth-order valence-electron chi connectivity index (χ4n) is 1.48. The van der Waals surface area contributed by atoms with Gasteiger partial charge in [-0.1, -0.05) is 6.58 Å². The predicted octanol–water partition coefficient (Wildman–Crippen LogP) is 0.801. The molecule has 0 amide bonds. The summed E-state index contributed by atoms with van der Waals surface area (Å²) in [5.74, 6) is 0.814. The van der Waals surface area contributed by atoms with Crippen LogP contribution >= 0.6 is 0 Å². The Morgan fingerprint density at radius 3 is 2.89 bits per heavy atom. The second-order valence-electron chi connectivity index (χ2n) is 3.69. The second kappa shape index (κ2) is 5.30. The van der Waals surface area contributed by atoms with Crippen LogP contribution in [0.5, 0.6) is 11.5 Å². The van der Waals surface area contributed by atoms with E-state index in [1.807, 2.05) is 0 Å². The lowest BCUT2D eigenvalue weighted by Gasteiger charge is -2.09. The van der Waals surface area contributed by atoms with Gasteiger partial charge in [0, 0.05) is 5.56 Å². The van der Waals surface area contributed by atoms with Crippen LogP contribution in [0.2, 0.25) is 0 Å². The lowest BCUT2D eigenvalue weighted by molar-refractivity contribution is -0.748. The summed E-state index contributed by atoms with van der Waals surface area (Å²) in [6, 6.07) is 4.72. The van der Waals surface area contributed by atoms with Crippen LogP contribution < -0.4 is 15.0 Å². The van der Waals surface area contributed by atoms with E-state index in [0.717, 1.165) is 0 Å². The molecule has 100 valence electrons. The molecule has 1 aliphatic heterocycles. The highest BCUT2D eigenvalue weighted by atomic mass is 16.9. The highest BCUT2D eigenvalue weighted by Crippen LogP contribution is 2.27. The van der Waals surface area contributed by atoms with Crippen molar-refractivity contribution in [3.8, 4) is 11.5 Å². The van der Waals surface area contributed by atoms with Crippen molar-refractivity contribution < 1.29 is 24.1 Å². The molecule has 1 N–H and O–H groups in total. The number of benzene rings is 1. The van der Waals surface area contributed by atoms with Gasteiger partial charge in [-0.05, 0) is 18.2 Å². The smallest absolute Gasteiger partial charge is 0.307 e. The van der Waals surface area contributed by atoms with Crippen molar-refractivity contribution >= 4 is 12.0 Å². The van der Waals surface area contributed by atoms with E-state index in [4.69, 9.17) is 9.47 Å². The molecule has 7 heteroatoms. The van der Waals surface area contributed by atoms with Crippen LogP contribution in [0, 0.1) is 5.21 Å². The molecule has 0 radical (unpaired) electrons. The molecular weight excluding hydrogens is 252 g/mol. The van der Waals surface area contributed by atoms with Crippen molar-refractivity contribution in [3.63, 3.8) is 0 Å². The number of aldehydes is 1. The third-order valence-corrected chi connectivity index (χ3v) is 2.51. The number of nitrogens with zero attached hydrogens (tertiary/aromatic N) is 1. The van der Waals surface area contributed by atoms with Crippen LogP contribution in [0.1, 0.15) is 10.4 Å². The fourth-order valence-corrected chi connectivity index (χ4v) is 1.48. The molecule has 0 spiro atoms. The third kappa shape index (κ3) is 2.59. The standard InChI is InChI=1S/C12H12N2O5/c1-8-10(14(16)19-13-8)7-18-11-4-3-9(6-15)5-12(11)17-2/h3-6,13H,1,7H2,2H3. The van der Waals surface area contributed by atoms with Crippen LogP contribution in [0.4, 0.5) is 0 Å². The zero-order chi connectivity index (χ0) is 13.8. The Labute approximate surface area is 109 Å². The molecule has 0 aromatic heterocycles. The van der Waals surface area contributed by atoms with Crippen molar-refractivity contribution in [2.45, 2.75) is 0 Å². The highest BCUT2D eigenvalue weighted by molar-refractivity contribution is 5.96. The fraction of sp³-hybridized carbons (Fsp3) is 0.167. The first-order chi connectivity index (χ1) is 9.15. The van der Waals surface area contributed by atoms with E-state index in [9.17, 15) is 10.0 Å². The molecule has 1 heterocycles. The Morgan fingerprint density at radius 1 is 1.53 bits per heavy atom. The van der Waals surface area contributed by atoms with Gasteiger partial charge in [-0.2, -0.15) is 0 Å². The SMILES string of the molecule is C=C1NO[N+]([O-])=C1COc1ccc(C=O)cc1OC. The van der Waals surface area contributed by atoms with E-state index < -0.39 is 0 Å². The van der Waals surface area contributed by atoms with Gasteiger partial charge in [0.15, 0.2) is 18.1 Å². The van der Waals surface area contributed by atoms with Gasteiger partial charge in [-0.25, -0.2) is 0 Å². The maximum atomic E-state index is 11.2. The number of ether oxygens (including phenoxy) is 2. The van der Waals surface area contributed by atoms with Crippen LogP contribution in [-0.2, 0) is 4.94 Å². The van der Waals surface area contributed by atoms with Crippen LogP contribution in [-0.4, -0.2) is 30.6 Å². The van der Waals surface area contributed by atoms with Crippen molar-refractivity contribution in [3.05, 3.63) is 41.2 Å². The van der Waals surface area contributed by atoms with Gasteiger partial charge in [0.25, 0.3) is 0 Å². The van der Waals surface area contributed by atoms with Gasteiger partial charge in [0.05, 0.1) is 12.0 Å². The molecule has 19 heavy (non-hydrogen) atoms. The molecule has 1 aliphatic rings. The molecule has 0 atom stereocenters. The first-order valence-corrected chi connectivity index (χ1v) is 5.37. The zero-order valence-corrected chi connectivity index (χ0v) is 10.2. The molecule has 7 nitrogen and oxygen atoms in total. The molecule has 0 saturated heterocycles. The monoisotopic (exact) mass is 264 g/mol. The number of carbonyl (C=O) groups excluding carboxylic acids is 1. The summed E-state index contributed by atoms with van der Waals surface area (Å²) in [5.41, 5.74) is 3.35. The molecule has 0 unspecified atom stereocenters. The molecule has 0 bridgehead atoms.